The molecule has 5 heteroatoms. The first-order valence-electron chi connectivity index (χ1n) is 5.54. The van der Waals surface area contributed by atoms with Crippen LogP contribution in [0.5, 0.6) is 0 Å². The molecule has 0 aromatic carbocycles. The molecule has 0 spiro atoms. The zero-order valence-electron chi connectivity index (χ0n) is 9.27. The fourth-order valence-electron chi connectivity index (χ4n) is 2.10. The smallest absolute Gasteiger partial charge is 0.310 e. The number of aliphatic carboxylic acids is 1. The van der Waals surface area contributed by atoms with Crippen molar-refractivity contribution < 1.29 is 14.6 Å². The molecule has 1 aliphatic heterocycles. The van der Waals surface area contributed by atoms with E-state index < -0.39 is 11.9 Å². The van der Waals surface area contributed by atoms with Gasteiger partial charge in [0, 0.05) is 30.4 Å². The Labute approximate surface area is 93.8 Å². The van der Waals surface area contributed by atoms with Gasteiger partial charge in [-0.3, -0.25) is 9.89 Å². The summed E-state index contributed by atoms with van der Waals surface area (Å²) in [5.41, 5.74) is 1.78. The Morgan fingerprint density at radius 3 is 2.94 bits per heavy atom. The maximum absolute atomic E-state index is 11.0. The van der Waals surface area contributed by atoms with Gasteiger partial charge in [0.15, 0.2) is 0 Å². The zero-order valence-corrected chi connectivity index (χ0v) is 9.27. The third-order valence-electron chi connectivity index (χ3n) is 3.17. The fourth-order valence-corrected chi connectivity index (χ4v) is 2.10. The van der Waals surface area contributed by atoms with Gasteiger partial charge in [-0.05, 0) is 19.8 Å². The normalized spacial score (nSPS) is 19.6. The van der Waals surface area contributed by atoms with Crippen LogP contribution in [0.15, 0.2) is 6.20 Å². The Hall–Kier alpha value is -1.36. The van der Waals surface area contributed by atoms with E-state index in [1.165, 1.54) is 0 Å². The minimum atomic E-state index is -0.810. The van der Waals surface area contributed by atoms with Crippen LogP contribution in [0.1, 0.15) is 42.9 Å². The van der Waals surface area contributed by atoms with Gasteiger partial charge in [-0.2, -0.15) is 5.10 Å². The van der Waals surface area contributed by atoms with E-state index in [9.17, 15) is 4.79 Å². The molecule has 2 rings (SSSR count). The highest BCUT2D eigenvalue weighted by Gasteiger charge is 2.25. The molecule has 5 nitrogen and oxygen atoms in total. The SMILES string of the molecule is CC(C(=O)O)c1cn[nH]c1C1CCOCC1. The minimum Gasteiger partial charge on any atom is -0.481 e. The Kier molecular flexibility index (Phi) is 3.24. The van der Waals surface area contributed by atoms with E-state index >= 15 is 0 Å². The maximum atomic E-state index is 11.0. The Morgan fingerprint density at radius 2 is 2.31 bits per heavy atom. The molecule has 2 N–H and O–H groups in total. The highest BCUT2D eigenvalue weighted by Crippen LogP contribution is 2.31. The Bertz CT molecular complexity index is 369. The summed E-state index contributed by atoms with van der Waals surface area (Å²) in [4.78, 5) is 11.0. The first-order valence-corrected chi connectivity index (χ1v) is 5.54. The van der Waals surface area contributed by atoms with Crippen molar-refractivity contribution in [3.8, 4) is 0 Å². The second-order valence-corrected chi connectivity index (χ2v) is 4.19. The van der Waals surface area contributed by atoms with Crippen LogP contribution in [-0.4, -0.2) is 34.5 Å². The number of carbonyl (C=O) groups is 1. The van der Waals surface area contributed by atoms with Gasteiger partial charge in [-0.15, -0.1) is 0 Å². The molecule has 1 unspecified atom stereocenters. The standard InChI is InChI=1S/C11H16N2O3/c1-7(11(14)15)9-6-12-13-10(9)8-2-4-16-5-3-8/h6-8H,2-5H2,1H3,(H,12,13)(H,14,15). The lowest BCUT2D eigenvalue weighted by molar-refractivity contribution is -0.138. The molecule has 0 radical (unpaired) electrons. The molecule has 1 aliphatic rings. The molecule has 16 heavy (non-hydrogen) atoms. The number of nitrogens with zero attached hydrogens (tertiary/aromatic N) is 1. The van der Waals surface area contributed by atoms with Gasteiger partial charge >= 0.3 is 5.97 Å². The van der Waals surface area contributed by atoms with Gasteiger partial charge in [0.1, 0.15) is 0 Å². The van der Waals surface area contributed by atoms with E-state index in [-0.39, 0.29) is 0 Å². The number of H-pyrrole nitrogens is 1. The number of carboxylic acids is 1. The number of aromatic amines is 1. The number of hydrogen-bond acceptors (Lipinski definition) is 3. The van der Waals surface area contributed by atoms with Crippen LogP contribution >= 0.6 is 0 Å². The van der Waals surface area contributed by atoms with Crippen molar-refractivity contribution in [2.75, 3.05) is 13.2 Å². The van der Waals surface area contributed by atoms with E-state index in [0.717, 1.165) is 37.3 Å². The average Bonchev–Trinajstić information content (AvgIpc) is 2.77. The summed E-state index contributed by atoms with van der Waals surface area (Å²) in [6.45, 7) is 3.17. The highest BCUT2D eigenvalue weighted by atomic mass is 16.5. The first kappa shape index (κ1) is 11.1. The summed E-state index contributed by atoms with van der Waals surface area (Å²) in [6, 6.07) is 0. The average molecular weight is 224 g/mol. The number of aromatic nitrogens is 2. The van der Waals surface area contributed by atoms with E-state index in [1.807, 2.05) is 0 Å². The lowest BCUT2D eigenvalue weighted by atomic mass is 9.90. The summed E-state index contributed by atoms with van der Waals surface area (Å²) >= 11 is 0. The molecule has 1 aromatic rings. The summed E-state index contributed by atoms with van der Waals surface area (Å²) in [5, 5.41) is 15.9. The summed E-state index contributed by atoms with van der Waals surface area (Å²) < 4.78 is 5.29. The monoisotopic (exact) mass is 224 g/mol. The first-order chi connectivity index (χ1) is 7.70. The van der Waals surface area contributed by atoms with Gasteiger partial charge < -0.3 is 9.84 Å². The second-order valence-electron chi connectivity index (χ2n) is 4.19. The lowest BCUT2D eigenvalue weighted by Gasteiger charge is -2.22. The summed E-state index contributed by atoms with van der Waals surface area (Å²) in [7, 11) is 0. The van der Waals surface area contributed by atoms with Gasteiger partial charge in [-0.1, -0.05) is 0 Å². The predicted octanol–water partition coefficient (Wildman–Crippen LogP) is 1.49. The minimum absolute atomic E-state index is 0.355. The number of nitrogens with one attached hydrogen (secondary N) is 1. The number of carboxylic acid groups (broad SMARTS) is 1. The van der Waals surface area contributed by atoms with Crippen molar-refractivity contribution in [3.63, 3.8) is 0 Å². The van der Waals surface area contributed by atoms with Crippen LogP contribution in [0.3, 0.4) is 0 Å². The summed E-state index contributed by atoms with van der Waals surface area (Å²) in [5.74, 6) is -0.959. The predicted molar refractivity (Wildman–Crippen MR) is 57.4 cm³/mol. The fraction of sp³-hybridized carbons (Fsp3) is 0.636. The van der Waals surface area contributed by atoms with Crippen molar-refractivity contribution in [3.05, 3.63) is 17.5 Å². The largest absolute Gasteiger partial charge is 0.481 e. The molecular weight excluding hydrogens is 208 g/mol. The van der Waals surface area contributed by atoms with Gasteiger partial charge in [0.2, 0.25) is 0 Å². The molecule has 1 saturated heterocycles. The molecule has 0 aliphatic carbocycles. The molecule has 1 fully saturated rings. The quantitative estimate of drug-likeness (QED) is 0.815. The molecule has 0 bridgehead atoms. The molecule has 88 valence electrons. The third-order valence-corrected chi connectivity index (χ3v) is 3.17. The van der Waals surface area contributed by atoms with E-state index in [1.54, 1.807) is 13.1 Å². The van der Waals surface area contributed by atoms with E-state index in [0.29, 0.717) is 5.92 Å². The molecule has 1 atom stereocenters. The van der Waals surface area contributed by atoms with Gasteiger partial charge in [-0.25, -0.2) is 0 Å². The van der Waals surface area contributed by atoms with Crippen LogP contribution in [0.25, 0.3) is 0 Å². The lowest BCUT2D eigenvalue weighted by Crippen LogP contribution is -2.17. The molecule has 2 heterocycles. The Morgan fingerprint density at radius 1 is 1.62 bits per heavy atom. The van der Waals surface area contributed by atoms with Crippen LogP contribution in [-0.2, 0) is 9.53 Å². The number of hydrogen-bond donors (Lipinski definition) is 2. The third kappa shape index (κ3) is 2.09. The van der Waals surface area contributed by atoms with Crippen molar-refractivity contribution >= 4 is 5.97 Å². The van der Waals surface area contributed by atoms with Crippen molar-refractivity contribution in [2.45, 2.75) is 31.6 Å². The van der Waals surface area contributed by atoms with Crippen molar-refractivity contribution in [1.82, 2.24) is 10.2 Å². The van der Waals surface area contributed by atoms with Crippen molar-refractivity contribution in [2.24, 2.45) is 0 Å². The van der Waals surface area contributed by atoms with Crippen LogP contribution in [0.4, 0.5) is 0 Å². The second kappa shape index (κ2) is 4.65. The highest BCUT2D eigenvalue weighted by molar-refractivity contribution is 5.75. The molecule has 0 saturated carbocycles. The number of rotatable bonds is 3. The van der Waals surface area contributed by atoms with Gasteiger partial charge in [0.05, 0.1) is 12.1 Å². The molecule has 0 amide bonds. The molecular formula is C11H16N2O3. The van der Waals surface area contributed by atoms with Crippen LogP contribution in [0.2, 0.25) is 0 Å². The zero-order chi connectivity index (χ0) is 11.5. The van der Waals surface area contributed by atoms with E-state index in [2.05, 4.69) is 10.2 Å². The molecule has 1 aromatic heterocycles. The number of ether oxygens (including phenoxy) is 1. The maximum Gasteiger partial charge on any atom is 0.310 e. The van der Waals surface area contributed by atoms with Crippen molar-refractivity contribution in [1.29, 1.82) is 0 Å². The topological polar surface area (TPSA) is 75.2 Å². The van der Waals surface area contributed by atoms with Crippen LogP contribution < -0.4 is 0 Å². The Balaban J connectivity index is 2.20. The van der Waals surface area contributed by atoms with Crippen LogP contribution in [0, 0.1) is 0 Å². The van der Waals surface area contributed by atoms with E-state index in [4.69, 9.17) is 9.84 Å². The summed E-state index contributed by atoms with van der Waals surface area (Å²) in [6.07, 6.45) is 3.49. The van der Waals surface area contributed by atoms with Gasteiger partial charge in [0.25, 0.3) is 0 Å².